The van der Waals surface area contributed by atoms with Crippen LogP contribution in [0, 0.1) is 10.1 Å². The molecule has 1 atom stereocenters. The molecule has 0 aliphatic carbocycles. The molecule has 2 rings (SSSR count). The highest BCUT2D eigenvalue weighted by molar-refractivity contribution is 7.99. The third-order valence-electron chi connectivity index (χ3n) is 3.24. The van der Waals surface area contributed by atoms with E-state index in [2.05, 4.69) is 17.6 Å². The Morgan fingerprint density at radius 3 is 2.85 bits per heavy atom. The first kappa shape index (κ1) is 15.0. The fourth-order valence-electron chi connectivity index (χ4n) is 2.26. The van der Waals surface area contributed by atoms with E-state index in [1.807, 2.05) is 17.8 Å². The molecule has 1 saturated heterocycles. The van der Waals surface area contributed by atoms with Gasteiger partial charge in [-0.15, -0.1) is 0 Å². The Labute approximate surface area is 123 Å². The first-order valence-corrected chi connectivity index (χ1v) is 8.22. The van der Waals surface area contributed by atoms with Crippen molar-refractivity contribution in [2.45, 2.75) is 32.2 Å². The summed E-state index contributed by atoms with van der Waals surface area (Å²) < 4.78 is 0. The number of benzene rings is 1. The number of nitro groups is 1. The molecule has 1 aliphatic rings. The van der Waals surface area contributed by atoms with Crippen molar-refractivity contribution in [1.29, 1.82) is 0 Å². The number of hydrogen-bond acceptors (Lipinski definition) is 5. The molecule has 6 heteroatoms. The zero-order valence-electron chi connectivity index (χ0n) is 11.7. The minimum Gasteiger partial charge on any atom is -0.385 e. The van der Waals surface area contributed by atoms with Crippen molar-refractivity contribution >= 4 is 28.8 Å². The molecule has 1 aromatic carbocycles. The zero-order chi connectivity index (χ0) is 14.4. The van der Waals surface area contributed by atoms with E-state index in [0.29, 0.717) is 6.04 Å². The van der Waals surface area contributed by atoms with E-state index >= 15 is 0 Å². The van der Waals surface area contributed by atoms with Crippen molar-refractivity contribution in [3.63, 3.8) is 0 Å². The van der Waals surface area contributed by atoms with Crippen LogP contribution in [0.25, 0.3) is 0 Å². The quantitative estimate of drug-likeness (QED) is 0.618. The van der Waals surface area contributed by atoms with Gasteiger partial charge in [0.2, 0.25) is 0 Å². The molecule has 20 heavy (non-hydrogen) atoms. The van der Waals surface area contributed by atoms with Crippen LogP contribution in [-0.4, -0.2) is 29.0 Å². The molecule has 5 nitrogen and oxygen atoms in total. The Morgan fingerprint density at radius 1 is 1.40 bits per heavy atom. The molecule has 0 saturated carbocycles. The highest BCUT2D eigenvalue weighted by atomic mass is 32.2. The second-order valence-electron chi connectivity index (χ2n) is 5.01. The van der Waals surface area contributed by atoms with Gasteiger partial charge in [-0.05, 0) is 31.1 Å². The summed E-state index contributed by atoms with van der Waals surface area (Å²) in [4.78, 5) is 10.7. The first-order chi connectivity index (χ1) is 9.69. The Bertz CT molecular complexity index is 462. The SMILES string of the molecule is CCCNc1cc(NC2CCCSC2)cc([N+](=O)[O-])c1. The van der Waals surface area contributed by atoms with Crippen LogP contribution in [0.3, 0.4) is 0 Å². The highest BCUT2D eigenvalue weighted by Crippen LogP contribution is 2.27. The largest absolute Gasteiger partial charge is 0.385 e. The number of nitrogens with one attached hydrogen (secondary N) is 2. The zero-order valence-corrected chi connectivity index (χ0v) is 12.5. The number of rotatable bonds is 6. The molecular formula is C14H21N3O2S. The molecule has 1 heterocycles. The third kappa shape index (κ3) is 4.30. The van der Waals surface area contributed by atoms with Gasteiger partial charge in [-0.3, -0.25) is 10.1 Å². The van der Waals surface area contributed by atoms with Crippen LogP contribution >= 0.6 is 11.8 Å². The summed E-state index contributed by atoms with van der Waals surface area (Å²) in [6.45, 7) is 2.89. The van der Waals surface area contributed by atoms with Crippen LogP contribution in [0.2, 0.25) is 0 Å². The lowest BCUT2D eigenvalue weighted by molar-refractivity contribution is -0.384. The van der Waals surface area contributed by atoms with Crippen molar-refractivity contribution in [3.05, 3.63) is 28.3 Å². The maximum atomic E-state index is 11.0. The number of thioether (sulfide) groups is 1. The molecule has 1 aromatic rings. The van der Waals surface area contributed by atoms with E-state index in [-0.39, 0.29) is 10.6 Å². The molecule has 0 spiro atoms. The Kier molecular flexibility index (Phi) is 5.52. The van der Waals surface area contributed by atoms with E-state index in [4.69, 9.17) is 0 Å². The predicted octanol–water partition coefficient (Wildman–Crippen LogP) is 3.72. The normalized spacial score (nSPS) is 18.6. The first-order valence-electron chi connectivity index (χ1n) is 7.06. The van der Waals surface area contributed by atoms with Crippen LogP contribution in [-0.2, 0) is 0 Å². The Balaban J connectivity index is 2.12. The lowest BCUT2D eigenvalue weighted by atomic mass is 10.1. The van der Waals surface area contributed by atoms with E-state index < -0.39 is 0 Å². The second-order valence-corrected chi connectivity index (χ2v) is 6.16. The van der Waals surface area contributed by atoms with Gasteiger partial charge in [-0.1, -0.05) is 6.92 Å². The molecule has 0 radical (unpaired) electrons. The lowest BCUT2D eigenvalue weighted by Gasteiger charge is -2.23. The van der Waals surface area contributed by atoms with Gasteiger partial charge in [-0.25, -0.2) is 0 Å². The average molecular weight is 295 g/mol. The van der Waals surface area contributed by atoms with Gasteiger partial charge >= 0.3 is 0 Å². The summed E-state index contributed by atoms with van der Waals surface area (Å²) in [6, 6.07) is 5.59. The Hall–Kier alpha value is -1.43. The van der Waals surface area contributed by atoms with E-state index in [0.717, 1.165) is 36.5 Å². The van der Waals surface area contributed by atoms with Crippen LogP contribution in [0.5, 0.6) is 0 Å². The maximum Gasteiger partial charge on any atom is 0.273 e. The van der Waals surface area contributed by atoms with Crippen molar-refractivity contribution in [2.75, 3.05) is 28.7 Å². The van der Waals surface area contributed by atoms with Crippen molar-refractivity contribution in [3.8, 4) is 0 Å². The smallest absolute Gasteiger partial charge is 0.273 e. The molecule has 0 bridgehead atoms. The van der Waals surface area contributed by atoms with Gasteiger partial charge in [0.05, 0.1) is 4.92 Å². The molecule has 1 fully saturated rings. The number of nitrogens with zero attached hydrogens (tertiary/aromatic N) is 1. The average Bonchev–Trinajstić information content (AvgIpc) is 2.46. The van der Waals surface area contributed by atoms with Gasteiger partial charge in [-0.2, -0.15) is 11.8 Å². The van der Waals surface area contributed by atoms with Crippen LogP contribution in [0.4, 0.5) is 17.1 Å². The van der Waals surface area contributed by atoms with Gasteiger partial charge in [0.1, 0.15) is 0 Å². The van der Waals surface area contributed by atoms with E-state index in [1.54, 1.807) is 12.1 Å². The topological polar surface area (TPSA) is 67.2 Å². The predicted molar refractivity (Wildman–Crippen MR) is 85.8 cm³/mol. The summed E-state index contributed by atoms with van der Waals surface area (Å²) in [6.07, 6.45) is 3.33. The molecule has 0 amide bonds. The van der Waals surface area contributed by atoms with Gasteiger partial charge in [0.15, 0.2) is 0 Å². The molecule has 110 valence electrons. The molecular weight excluding hydrogens is 274 g/mol. The van der Waals surface area contributed by atoms with E-state index in [9.17, 15) is 10.1 Å². The summed E-state index contributed by atoms with van der Waals surface area (Å²) in [5.74, 6) is 2.29. The number of hydrogen-bond donors (Lipinski definition) is 2. The Morgan fingerprint density at radius 2 is 2.20 bits per heavy atom. The fourth-order valence-corrected chi connectivity index (χ4v) is 3.33. The van der Waals surface area contributed by atoms with Gasteiger partial charge in [0, 0.05) is 41.8 Å². The lowest BCUT2D eigenvalue weighted by Crippen LogP contribution is -2.25. The third-order valence-corrected chi connectivity index (χ3v) is 4.45. The summed E-state index contributed by atoms with van der Waals surface area (Å²) in [7, 11) is 0. The summed E-state index contributed by atoms with van der Waals surface area (Å²) >= 11 is 1.94. The standard InChI is InChI=1S/C14H21N3O2S/c1-2-5-15-12-7-13(9-14(8-12)17(18)19)16-11-4-3-6-20-10-11/h7-9,11,15-16H,2-6,10H2,1H3. The minimum atomic E-state index is -0.335. The minimum absolute atomic E-state index is 0.136. The van der Waals surface area contributed by atoms with Crippen molar-refractivity contribution in [1.82, 2.24) is 0 Å². The summed E-state index contributed by atoms with van der Waals surface area (Å²) in [5.41, 5.74) is 1.79. The van der Waals surface area contributed by atoms with Gasteiger partial charge < -0.3 is 10.6 Å². The second kappa shape index (κ2) is 7.38. The molecule has 1 aliphatic heterocycles. The van der Waals surface area contributed by atoms with Crippen LogP contribution in [0.15, 0.2) is 18.2 Å². The summed E-state index contributed by atoms with van der Waals surface area (Å²) in [5, 5.41) is 17.7. The fraction of sp³-hybridized carbons (Fsp3) is 0.571. The number of anilines is 2. The van der Waals surface area contributed by atoms with E-state index in [1.165, 1.54) is 12.2 Å². The van der Waals surface area contributed by atoms with Crippen LogP contribution < -0.4 is 10.6 Å². The van der Waals surface area contributed by atoms with Gasteiger partial charge in [0.25, 0.3) is 5.69 Å². The van der Waals surface area contributed by atoms with Crippen molar-refractivity contribution < 1.29 is 4.92 Å². The molecule has 0 aromatic heterocycles. The maximum absolute atomic E-state index is 11.0. The number of non-ortho nitro benzene ring substituents is 1. The highest BCUT2D eigenvalue weighted by Gasteiger charge is 2.16. The monoisotopic (exact) mass is 295 g/mol. The van der Waals surface area contributed by atoms with Crippen molar-refractivity contribution in [2.24, 2.45) is 0 Å². The molecule has 2 N–H and O–H groups in total. The molecule has 1 unspecified atom stereocenters. The van der Waals surface area contributed by atoms with Crippen LogP contribution in [0.1, 0.15) is 26.2 Å². The number of nitro benzene ring substituents is 1.